The zero-order valence-electron chi connectivity index (χ0n) is 15.6. The second kappa shape index (κ2) is 10.9. The van der Waals surface area contributed by atoms with Gasteiger partial charge >= 0.3 is 11.9 Å². The van der Waals surface area contributed by atoms with E-state index >= 15 is 0 Å². The zero-order chi connectivity index (χ0) is 21.2. The van der Waals surface area contributed by atoms with Crippen LogP contribution >= 0.6 is 0 Å². The summed E-state index contributed by atoms with van der Waals surface area (Å²) in [6.07, 6.45) is -0.0827. The maximum Gasteiger partial charge on any atom is 0.355 e. The first kappa shape index (κ1) is 22.0. The molecule has 1 atom stereocenters. The molecule has 5 N–H and O–H groups in total. The van der Waals surface area contributed by atoms with Crippen LogP contribution in [0.25, 0.3) is 0 Å². The van der Waals surface area contributed by atoms with Gasteiger partial charge in [0.25, 0.3) is 12.0 Å². The highest BCUT2D eigenvalue weighted by Crippen LogP contribution is 2.27. The summed E-state index contributed by atoms with van der Waals surface area (Å²) in [6, 6.07) is 5.73. The van der Waals surface area contributed by atoms with E-state index in [1.54, 1.807) is 0 Å². The number of ether oxygens (including phenoxy) is 2. The van der Waals surface area contributed by atoms with Crippen LogP contribution < -0.4 is 25.6 Å². The zero-order valence-corrected chi connectivity index (χ0v) is 15.6. The molecular formula is C18H23N3O8. The van der Waals surface area contributed by atoms with Crippen LogP contribution in [0.4, 0.5) is 0 Å². The minimum atomic E-state index is -1.98. The smallest absolute Gasteiger partial charge is 0.355 e. The highest BCUT2D eigenvalue weighted by Gasteiger charge is 2.30. The predicted octanol–water partition coefficient (Wildman–Crippen LogP) is -0.481. The second-order valence-corrected chi connectivity index (χ2v) is 6.40. The van der Waals surface area contributed by atoms with Gasteiger partial charge in [0.2, 0.25) is 5.91 Å². The van der Waals surface area contributed by atoms with Gasteiger partial charge in [0.05, 0.1) is 0 Å². The Hall–Kier alpha value is -3.34. The monoisotopic (exact) mass is 409 g/mol. The minimum Gasteiger partial charge on any atom is -0.479 e. The maximum absolute atomic E-state index is 12.2. The Morgan fingerprint density at radius 1 is 1.07 bits per heavy atom. The average molecular weight is 409 g/mol. The normalized spacial score (nSPS) is 15.0. The number of aliphatic carboxylic acids is 2. The summed E-state index contributed by atoms with van der Waals surface area (Å²) >= 11 is 0. The molecule has 1 aromatic carbocycles. The molecule has 1 aromatic rings. The number of hydrogen-bond donors (Lipinski definition) is 5. The molecule has 11 nitrogen and oxygen atoms in total. The summed E-state index contributed by atoms with van der Waals surface area (Å²) < 4.78 is 10.2. The predicted molar refractivity (Wildman–Crippen MR) is 98.1 cm³/mol. The molecule has 1 saturated heterocycles. The van der Waals surface area contributed by atoms with Gasteiger partial charge in [-0.15, -0.1) is 0 Å². The molecular weight excluding hydrogens is 386 g/mol. The summed E-state index contributed by atoms with van der Waals surface area (Å²) in [4.78, 5) is 46.2. The van der Waals surface area contributed by atoms with Crippen LogP contribution in [0.15, 0.2) is 24.3 Å². The van der Waals surface area contributed by atoms with Crippen molar-refractivity contribution in [3.8, 4) is 11.5 Å². The largest absolute Gasteiger partial charge is 0.479 e. The molecule has 0 saturated carbocycles. The lowest BCUT2D eigenvalue weighted by Gasteiger charge is -2.22. The summed E-state index contributed by atoms with van der Waals surface area (Å²) in [6.45, 7) is 0.974. The van der Waals surface area contributed by atoms with Crippen LogP contribution in [0, 0.1) is 5.92 Å². The topological polar surface area (TPSA) is 163 Å². The average Bonchev–Trinajstić information content (AvgIpc) is 2.69. The molecule has 0 aliphatic carbocycles. The highest BCUT2D eigenvalue weighted by molar-refractivity contribution is 6.01. The van der Waals surface area contributed by atoms with Crippen molar-refractivity contribution < 1.29 is 38.9 Å². The van der Waals surface area contributed by atoms with Crippen molar-refractivity contribution in [1.82, 2.24) is 16.2 Å². The molecule has 2 rings (SSSR count). The van der Waals surface area contributed by atoms with E-state index in [1.807, 2.05) is 5.43 Å². The Morgan fingerprint density at radius 3 is 2.34 bits per heavy atom. The number of carboxylic acid groups (broad SMARTS) is 2. The third-order valence-corrected chi connectivity index (χ3v) is 4.17. The molecule has 0 spiro atoms. The van der Waals surface area contributed by atoms with E-state index in [1.165, 1.54) is 24.3 Å². The number of carbonyl (C=O) groups excluding carboxylic acids is 2. The van der Waals surface area contributed by atoms with Crippen molar-refractivity contribution in [1.29, 1.82) is 0 Å². The molecule has 1 unspecified atom stereocenters. The fourth-order valence-electron chi connectivity index (χ4n) is 2.75. The molecule has 0 radical (unpaired) electrons. The summed E-state index contributed by atoms with van der Waals surface area (Å²) in [5, 5.41) is 21.2. The Kier molecular flexibility index (Phi) is 8.22. The first-order valence-electron chi connectivity index (χ1n) is 8.99. The number of carbonyl (C=O) groups is 4. The van der Waals surface area contributed by atoms with Crippen LogP contribution in [0.2, 0.25) is 0 Å². The number of para-hydroxylation sites is 2. The SMILES string of the molecule is O=C(O)COc1ccccc1OC(C(=O)O)C(=O)NNC(=O)CC1CCNCC1. The molecule has 29 heavy (non-hydrogen) atoms. The maximum atomic E-state index is 12.2. The molecule has 158 valence electrons. The van der Waals surface area contributed by atoms with Gasteiger partial charge in [-0.05, 0) is 44.0 Å². The van der Waals surface area contributed by atoms with E-state index in [0.717, 1.165) is 25.9 Å². The number of amides is 2. The molecule has 0 aromatic heterocycles. The van der Waals surface area contributed by atoms with Crippen molar-refractivity contribution in [2.45, 2.75) is 25.4 Å². The van der Waals surface area contributed by atoms with Crippen LogP contribution in [-0.4, -0.2) is 59.8 Å². The Morgan fingerprint density at radius 2 is 1.72 bits per heavy atom. The molecule has 11 heteroatoms. The fourth-order valence-corrected chi connectivity index (χ4v) is 2.75. The molecule has 1 heterocycles. The first-order chi connectivity index (χ1) is 13.9. The number of hydrogen-bond acceptors (Lipinski definition) is 7. The molecule has 1 aliphatic heterocycles. The number of benzene rings is 1. The first-order valence-corrected chi connectivity index (χ1v) is 8.99. The van der Waals surface area contributed by atoms with Gasteiger partial charge in [-0.1, -0.05) is 12.1 Å². The van der Waals surface area contributed by atoms with E-state index in [4.69, 9.17) is 14.6 Å². The number of hydrazine groups is 1. The van der Waals surface area contributed by atoms with E-state index in [0.29, 0.717) is 0 Å². The van der Waals surface area contributed by atoms with E-state index in [-0.39, 0.29) is 23.8 Å². The van der Waals surface area contributed by atoms with Crippen LogP contribution in [0.1, 0.15) is 19.3 Å². The van der Waals surface area contributed by atoms with Crippen LogP contribution in [0.3, 0.4) is 0 Å². The Labute approximate surface area is 166 Å². The van der Waals surface area contributed by atoms with Crippen LogP contribution in [-0.2, 0) is 19.2 Å². The van der Waals surface area contributed by atoms with Gasteiger partial charge in [-0.3, -0.25) is 20.4 Å². The number of rotatable bonds is 9. The number of nitrogens with one attached hydrogen (secondary N) is 3. The minimum absolute atomic E-state index is 0.0381. The third-order valence-electron chi connectivity index (χ3n) is 4.17. The number of piperidine rings is 1. The Bertz CT molecular complexity index is 748. The summed E-state index contributed by atoms with van der Waals surface area (Å²) in [5.74, 6) is -4.32. The molecule has 1 aliphatic rings. The van der Waals surface area contributed by atoms with E-state index in [9.17, 15) is 24.3 Å². The van der Waals surface area contributed by atoms with Crippen LogP contribution in [0.5, 0.6) is 11.5 Å². The second-order valence-electron chi connectivity index (χ2n) is 6.40. The molecule has 1 fully saturated rings. The Balaban J connectivity index is 1.93. The quantitative estimate of drug-likeness (QED) is 0.268. The highest BCUT2D eigenvalue weighted by atomic mass is 16.6. The van der Waals surface area contributed by atoms with Crippen molar-refractivity contribution in [2.75, 3.05) is 19.7 Å². The number of carboxylic acids is 2. The lowest BCUT2D eigenvalue weighted by molar-refractivity contribution is -0.152. The van der Waals surface area contributed by atoms with E-state index in [2.05, 4.69) is 10.7 Å². The van der Waals surface area contributed by atoms with Gasteiger partial charge in [0, 0.05) is 6.42 Å². The summed E-state index contributed by atoms with van der Waals surface area (Å²) in [7, 11) is 0. The fraction of sp³-hybridized carbons (Fsp3) is 0.444. The van der Waals surface area contributed by atoms with E-state index < -0.39 is 36.5 Å². The van der Waals surface area contributed by atoms with Crippen molar-refractivity contribution >= 4 is 23.8 Å². The lowest BCUT2D eigenvalue weighted by atomic mass is 9.94. The van der Waals surface area contributed by atoms with Crippen molar-refractivity contribution in [3.05, 3.63) is 24.3 Å². The van der Waals surface area contributed by atoms with Gasteiger partial charge in [-0.2, -0.15) is 0 Å². The molecule has 0 bridgehead atoms. The third kappa shape index (κ3) is 7.30. The van der Waals surface area contributed by atoms with Gasteiger partial charge in [0.15, 0.2) is 18.1 Å². The summed E-state index contributed by atoms with van der Waals surface area (Å²) in [5.41, 5.74) is 4.24. The van der Waals surface area contributed by atoms with Gasteiger partial charge < -0.3 is 25.0 Å². The van der Waals surface area contributed by atoms with Crippen molar-refractivity contribution in [2.24, 2.45) is 5.92 Å². The van der Waals surface area contributed by atoms with Gasteiger partial charge in [-0.25, -0.2) is 9.59 Å². The lowest BCUT2D eigenvalue weighted by Crippen LogP contribution is -2.51. The molecule has 2 amide bonds. The standard InChI is InChI=1S/C18H23N3O8/c22-14(9-11-5-7-19-8-6-11)20-21-17(25)16(18(26)27)29-13-4-2-1-3-12(13)28-10-15(23)24/h1-4,11,16,19H,5-10H2,(H,20,22)(H,21,25)(H,23,24)(H,26,27). The van der Waals surface area contributed by atoms with Crippen molar-refractivity contribution in [3.63, 3.8) is 0 Å². The van der Waals surface area contributed by atoms with Gasteiger partial charge in [0.1, 0.15) is 0 Å².